The van der Waals surface area contributed by atoms with Crippen LogP contribution in [0.4, 0.5) is 0 Å². The first-order valence-corrected chi connectivity index (χ1v) is 10.6. The van der Waals surface area contributed by atoms with Gasteiger partial charge in [-0.1, -0.05) is 18.6 Å². The molecule has 2 aliphatic rings. The molecule has 0 bridgehead atoms. The van der Waals surface area contributed by atoms with Crippen molar-refractivity contribution in [3.8, 4) is 0 Å². The second-order valence-electron chi connectivity index (χ2n) is 6.96. The molecule has 3 rings (SSSR count). The lowest BCUT2D eigenvalue weighted by Gasteiger charge is -2.25. The maximum Gasteiger partial charge on any atom is 0.243 e. The number of nitrogens with zero attached hydrogens (tertiary/aromatic N) is 1. The second-order valence-corrected chi connectivity index (χ2v) is 8.90. The number of amides is 1. The number of sulfonamides is 1. The number of nitrogens with one attached hydrogen (secondary N) is 2. The van der Waals surface area contributed by atoms with Crippen molar-refractivity contribution < 1.29 is 13.2 Å². The van der Waals surface area contributed by atoms with Gasteiger partial charge >= 0.3 is 0 Å². The van der Waals surface area contributed by atoms with Crippen LogP contribution in [0.1, 0.15) is 37.7 Å². The fraction of sp³-hybridized carbons (Fsp3) is 0.611. The summed E-state index contributed by atoms with van der Waals surface area (Å²) in [6.07, 6.45) is 5.49. The summed E-state index contributed by atoms with van der Waals surface area (Å²) in [5, 5.41) is 6.01. The van der Waals surface area contributed by atoms with E-state index >= 15 is 0 Å². The van der Waals surface area contributed by atoms with Crippen LogP contribution in [0.5, 0.6) is 0 Å². The Balaban J connectivity index is 0.00000243. The largest absolute Gasteiger partial charge is 0.351 e. The summed E-state index contributed by atoms with van der Waals surface area (Å²) in [6.45, 7) is 2.87. The summed E-state index contributed by atoms with van der Waals surface area (Å²) >= 11 is 0. The molecule has 1 heterocycles. The van der Waals surface area contributed by atoms with E-state index < -0.39 is 10.0 Å². The topological polar surface area (TPSA) is 78.5 Å². The molecule has 26 heavy (non-hydrogen) atoms. The number of carbonyl (C=O) groups is 1. The molecule has 1 aromatic carbocycles. The number of halogens is 1. The van der Waals surface area contributed by atoms with Gasteiger partial charge in [0.25, 0.3) is 0 Å². The van der Waals surface area contributed by atoms with E-state index in [2.05, 4.69) is 10.6 Å². The van der Waals surface area contributed by atoms with Crippen molar-refractivity contribution in [2.24, 2.45) is 5.92 Å². The first-order chi connectivity index (χ1) is 12.1. The third-order valence-corrected chi connectivity index (χ3v) is 6.69. The number of hydrogen-bond acceptors (Lipinski definition) is 4. The van der Waals surface area contributed by atoms with Crippen LogP contribution in [0.25, 0.3) is 0 Å². The van der Waals surface area contributed by atoms with Crippen LogP contribution in [0.2, 0.25) is 0 Å². The number of rotatable bonds is 8. The lowest BCUT2D eigenvalue weighted by Crippen LogP contribution is -2.35. The first kappa shape index (κ1) is 21.2. The Hall–Kier alpha value is -1.15. The van der Waals surface area contributed by atoms with Gasteiger partial charge in [0.1, 0.15) is 0 Å². The average molecular weight is 402 g/mol. The Morgan fingerprint density at radius 3 is 2.35 bits per heavy atom. The Morgan fingerprint density at radius 1 is 1.08 bits per heavy atom. The van der Waals surface area contributed by atoms with Crippen molar-refractivity contribution in [3.05, 3.63) is 29.8 Å². The number of carbonyl (C=O) groups excluding carboxylic acids is 1. The maximum atomic E-state index is 12.6. The molecule has 146 valence electrons. The summed E-state index contributed by atoms with van der Waals surface area (Å²) < 4.78 is 26.7. The van der Waals surface area contributed by atoms with Crippen molar-refractivity contribution >= 4 is 28.3 Å². The molecular formula is C18H28ClN3O3S. The van der Waals surface area contributed by atoms with Crippen LogP contribution in [-0.4, -0.2) is 44.8 Å². The SMILES string of the molecule is Cl.O=C(CNCC1CC1)NCc1ccc(S(=O)(=O)N2CCCCC2)cc1. The van der Waals surface area contributed by atoms with Crippen LogP contribution >= 0.6 is 12.4 Å². The van der Waals surface area contributed by atoms with Crippen molar-refractivity contribution in [1.29, 1.82) is 0 Å². The van der Waals surface area contributed by atoms with E-state index in [1.54, 1.807) is 28.6 Å². The predicted octanol–water partition coefficient (Wildman–Crippen LogP) is 1.90. The normalized spacial score (nSPS) is 18.2. The molecule has 1 aliphatic carbocycles. The lowest BCUT2D eigenvalue weighted by molar-refractivity contribution is -0.120. The second kappa shape index (κ2) is 9.69. The van der Waals surface area contributed by atoms with Crippen molar-refractivity contribution in [2.45, 2.75) is 43.5 Å². The molecule has 1 aliphatic heterocycles. The van der Waals surface area contributed by atoms with Gasteiger partial charge in [0.2, 0.25) is 15.9 Å². The molecule has 0 aromatic heterocycles. The van der Waals surface area contributed by atoms with Crippen molar-refractivity contribution in [1.82, 2.24) is 14.9 Å². The van der Waals surface area contributed by atoms with Crippen LogP contribution in [0, 0.1) is 5.92 Å². The molecule has 0 radical (unpaired) electrons. The van der Waals surface area contributed by atoms with Crippen molar-refractivity contribution in [3.63, 3.8) is 0 Å². The summed E-state index contributed by atoms with van der Waals surface area (Å²) in [7, 11) is -3.39. The highest BCUT2D eigenvalue weighted by atomic mass is 35.5. The third-order valence-electron chi connectivity index (χ3n) is 4.78. The van der Waals surface area contributed by atoms with Gasteiger partial charge < -0.3 is 10.6 Å². The predicted molar refractivity (Wildman–Crippen MR) is 104 cm³/mol. The van der Waals surface area contributed by atoms with E-state index in [1.807, 2.05) is 0 Å². The van der Waals surface area contributed by atoms with E-state index in [-0.39, 0.29) is 18.3 Å². The molecule has 0 spiro atoms. The van der Waals surface area contributed by atoms with Gasteiger partial charge in [-0.25, -0.2) is 8.42 Å². The monoisotopic (exact) mass is 401 g/mol. The zero-order valence-corrected chi connectivity index (χ0v) is 16.6. The Labute approximate surface area is 162 Å². The summed E-state index contributed by atoms with van der Waals surface area (Å²) in [5.74, 6) is 0.716. The van der Waals surface area contributed by atoms with Crippen LogP contribution in [0.3, 0.4) is 0 Å². The minimum atomic E-state index is -3.39. The van der Waals surface area contributed by atoms with Crippen LogP contribution < -0.4 is 10.6 Å². The quantitative estimate of drug-likeness (QED) is 0.697. The highest BCUT2D eigenvalue weighted by molar-refractivity contribution is 7.89. The molecule has 0 atom stereocenters. The van der Waals surface area contributed by atoms with Gasteiger partial charge in [-0.15, -0.1) is 12.4 Å². The Bertz CT molecular complexity index is 684. The number of benzene rings is 1. The zero-order valence-electron chi connectivity index (χ0n) is 14.9. The third kappa shape index (κ3) is 5.94. The maximum absolute atomic E-state index is 12.6. The van der Waals surface area contributed by atoms with Gasteiger partial charge in [0, 0.05) is 19.6 Å². The molecule has 6 nitrogen and oxygen atoms in total. The first-order valence-electron chi connectivity index (χ1n) is 9.12. The molecule has 0 unspecified atom stereocenters. The number of hydrogen-bond donors (Lipinski definition) is 2. The van der Waals surface area contributed by atoms with Crippen molar-refractivity contribution in [2.75, 3.05) is 26.2 Å². The van der Waals surface area contributed by atoms with Crippen LogP contribution in [-0.2, 0) is 21.4 Å². The van der Waals surface area contributed by atoms with Crippen LogP contribution in [0.15, 0.2) is 29.2 Å². The fourth-order valence-corrected chi connectivity index (χ4v) is 4.53. The molecule has 1 saturated carbocycles. The molecule has 1 saturated heterocycles. The summed E-state index contributed by atoms with van der Waals surface area (Å²) in [6, 6.07) is 6.82. The highest BCUT2D eigenvalue weighted by Crippen LogP contribution is 2.27. The molecular weight excluding hydrogens is 374 g/mol. The van der Waals surface area contributed by atoms with Gasteiger partial charge in [-0.2, -0.15) is 4.31 Å². The molecule has 1 amide bonds. The Morgan fingerprint density at radius 2 is 1.73 bits per heavy atom. The standard InChI is InChI=1S/C18H27N3O3S.ClH/c22-18(14-19-12-15-4-5-15)20-13-16-6-8-17(9-7-16)25(23,24)21-10-2-1-3-11-21;/h6-9,15,19H,1-5,10-14H2,(H,20,22);1H. The minimum Gasteiger partial charge on any atom is -0.351 e. The van der Waals surface area contributed by atoms with E-state index in [9.17, 15) is 13.2 Å². The van der Waals surface area contributed by atoms with Gasteiger partial charge in [-0.3, -0.25) is 4.79 Å². The summed E-state index contributed by atoms with van der Waals surface area (Å²) in [4.78, 5) is 12.1. The molecule has 8 heteroatoms. The van der Waals surface area contributed by atoms with E-state index in [4.69, 9.17) is 0 Å². The molecule has 2 fully saturated rings. The van der Waals surface area contributed by atoms with Gasteiger partial charge in [-0.05, 0) is 55.8 Å². The lowest BCUT2D eigenvalue weighted by atomic mass is 10.2. The van der Waals surface area contributed by atoms with Gasteiger partial charge in [0.05, 0.1) is 11.4 Å². The smallest absolute Gasteiger partial charge is 0.243 e. The Kier molecular flexibility index (Phi) is 7.88. The fourth-order valence-electron chi connectivity index (χ4n) is 3.01. The zero-order chi connectivity index (χ0) is 17.7. The van der Waals surface area contributed by atoms with E-state index in [1.165, 1.54) is 12.8 Å². The minimum absolute atomic E-state index is 0. The van der Waals surface area contributed by atoms with Gasteiger partial charge in [0.15, 0.2) is 0 Å². The highest BCUT2D eigenvalue weighted by Gasteiger charge is 2.25. The molecule has 1 aromatic rings. The average Bonchev–Trinajstić information content (AvgIpc) is 3.45. The van der Waals surface area contributed by atoms with E-state index in [0.717, 1.165) is 37.3 Å². The van der Waals surface area contributed by atoms with E-state index in [0.29, 0.717) is 31.1 Å². The number of piperidine rings is 1. The summed E-state index contributed by atoms with van der Waals surface area (Å²) in [5.41, 5.74) is 0.896. The molecule has 2 N–H and O–H groups in total.